The Labute approximate surface area is 205 Å². The number of hydrogen-bond donors (Lipinski definition) is 1. The number of esters is 1. The first-order valence-corrected chi connectivity index (χ1v) is 11.0. The molecule has 9 nitrogen and oxygen atoms in total. The van der Waals surface area contributed by atoms with E-state index < -0.39 is 29.0 Å². The zero-order valence-electron chi connectivity index (χ0n) is 19.8. The molecule has 0 saturated carbocycles. The van der Waals surface area contributed by atoms with E-state index in [9.17, 15) is 18.4 Å². The number of aromatic nitrogens is 4. The van der Waals surface area contributed by atoms with E-state index >= 15 is 0 Å². The van der Waals surface area contributed by atoms with Crippen LogP contribution in [0, 0.1) is 18.6 Å². The van der Waals surface area contributed by atoms with E-state index in [0.29, 0.717) is 11.3 Å². The van der Waals surface area contributed by atoms with Crippen LogP contribution in [-0.4, -0.2) is 37.8 Å². The van der Waals surface area contributed by atoms with Crippen LogP contribution in [0.15, 0.2) is 55.2 Å². The zero-order valence-corrected chi connectivity index (χ0v) is 19.8. The number of carbonyl (C=O) groups excluding carboxylic acids is 2. The SMILES string of the molecule is CCOC(=O)C(C)(NC(=O)c1c(C)nc2c(OCc3c(F)cccc3F)cccn12)c1cncnc1. The predicted octanol–water partition coefficient (Wildman–Crippen LogP) is 3.50. The van der Waals surface area contributed by atoms with Gasteiger partial charge in [0.15, 0.2) is 16.9 Å². The van der Waals surface area contributed by atoms with Gasteiger partial charge < -0.3 is 14.8 Å². The number of imidazole rings is 1. The molecule has 1 unspecified atom stereocenters. The minimum absolute atomic E-state index is 0.107. The lowest BCUT2D eigenvalue weighted by molar-refractivity contribution is -0.150. The van der Waals surface area contributed by atoms with E-state index in [1.165, 1.54) is 36.1 Å². The molecule has 1 atom stereocenters. The van der Waals surface area contributed by atoms with Crippen LogP contribution in [0.5, 0.6) is 5.75 Å². The van der Waals surface area contributed by atoms with Crippen LogP contribution in [0.3, 0.4) is 0 Å². The molecule has 3 heterocycles. The predicted molar refractivity (Wildman–Crippen MR) is 124 cm³/mol. The molecule has 0 radical (unpaired) electrons. The molecule has 1 aromatic carbocycles. The first kappa shape index (κ1) is 24.7. The first-order chi connectivity index (χ1) is 17.3. The van der Waals surface area contributed by atoms with Gasteiger partial charge >= 0.3 is 5.97 Å². The Morgan fingerprint density at radius 2 is 1.81 bits per heavy atom. The van der Waals surface area contributed by atoms with Crippen molar-refractivity contribution in [3.63, 3.8) is 0 Å². The lowest BCUT2D eigenvalue weighted by Gasteiger charge is -2.28. The van der Waals surface area contributed by atoms with E-state index in [-0.39, 0.29) is 35.9 Å². The third kappa shape index (κ3) is 4.59. The summed E-state index contributed by atoms with van der Waals surface area (Å²) < 4.78 is 40.4. The maximum absolute atomic E-state index is 14.0. The summed E-state index contributed by atoms with van der Waals surface area (Å²) in [5.41, 5.74) is -0.731. The van der Waals surface area contributed by atoms with Crippen molar-refractivity contribution in [2.75, 3.05) is 6.61 Å². The number of pyridine rings is 1. The number of halogens is 2. The Bertz CT molecular complexity index is 1410. The normalized spacial score (nSPS) is 12.7. The molecule has 1 amide bonds. The number of ether oxygens (including phenoxy) is 2. The van der Waals surface area contributed by atoms with Gasteiger partial charge in [0, 0.05) is 24.2 Å². The van der Waals surface area contributed by atoms with Gasteiger partial charge in [0.05, 0.1) is 17.9 Å². The van der Waals surface area contributed by atoms with Crippen molar-refractivity contribution < 1.29 is 27.8 Å². The molecule has 186 valence electrons. The highest BCUT2D eigenvalue weighted by atomic mass is 19.1. The Morgan fingerprint density at radius 1 is 1.11 bits per heavy atom. The maximum atomic E-state index is 14.0. The minimum Gasteiger partial charge on any atom is -0.485 e. The molecule has 0 saturated heterocycles. The van der Waals surface area contributed by atoms with Crippen molar-refractivity contribution in [1.82, 2.24) is 24.7 Å². The largest absolute Gasteiger partial charge is 0.485 e. The number of amides is 1. The number of rotatable bonds is 8. The highest BCUT2D eigenvalue weighted by molar-refractivity contribution is 5.98. The average molecular weight is 495 g/mol. The third-order valence-corrected chi connectivity index (χ3v) is 5.62. The lowest BCUT2D eigenvalue weighted by Crippen LogP contribution is -2.51. The molecular formula is C25H23F2N5O4. The fraction of sp³-hybridized carbons (Fsp3) is 0.240. The van der Waals surface area contributed by atoms with Crippen LogP contribution in [0.2, 0.25) is 0 Å². The van der Waals surface area contributed by atoms with Crippen molar-refractivity contribution >= 4 is 17.5 Å². The average Bonchev–Trinajstić information content (AvgIpc) is 3.21. The van der Waals surface area contributed by atoms with Crippen molar-refractivity contribution in [2.24, 2.45) is 0 Å². The number of aryl methyl sites for hydroxylation is 1. The summed E-state index contributed by atoms with van der Waals surface area (Å²) >= 11 is 0. The summed E-state index contributed by atoms with van der Waals surface area (Å²) in [5, 5.41) is 2.73. The second-order valence-electron chi connectivity index (χ2n) is 8.03. The summed E-state index contributed by atoms with van der Waals surface area (Å²) in [6, 6.07) is 6.73. The van der Waals surface area contributed by atoms with Gasteiger partial charge in [-0.05, 0) is 45.0 Å². The van der Waals surface area contributed by atoms with Crippen LogP contribution in [0.4, 0.5) is 8.78 Å². The molecule has 3 aromatic heterocycles. The molecule has 4 aromatic rings. The quantitative estimate of drug-likeness (QED) is 0.373. The third-order valence-electron chi connectivity index (χ3n) is 5.62. The van der Waals surface area contributed by atoms with E-state index in [1.54, 1.807) is 32.2 Å². The van der Waals surface area contributed by atoms with Gasteiger partial charge in [0.25, 0.3) is 5.91 Å². The van der Waals surface area contributed by atoms with Gasteiger partial charge in [0.1, 0.15) is 30.3 Å². The Kier molecular flexibility index (Phi) is 6.91. The van der Waals surface area contributed by atoms with Crippen LogP contribution < -0.4 is 10.1 Å². The Hall–Kier alpha value is -4.41. The summed E-state index contributed by atoms with van der Waals surface area (Å²) in [6.45, 7) is 4.51. The number of fused-ring (bicyclic) bond motifs is 1. The second kappa shape index (κ2) is 10.1. The van der Waals surface area contributed by atoms with Crippen LogP contribution in [0.25, 0.3) is 5.65 Å². The first-order valence-electron chi connectivity index (χ1n) is 11.0. The topological polar surface area (TPSA) is 108 Å². The Balaban J connectivity index is 1.67. The molecular weight excluding hydrogens is 472 g/mol. The van der Waals surface area contributed by atoms with Crippen LogP contribution >= 0.6 is 0 Å². The summed E-state index contributed by atoms with van der Waals surface area (Å²) in [4.78, 5) is 38.6. The Morgan fingerprint density at radius 3 is 2.47 bits per heavy atom. The number of benzene rings is 1. The van der Waals surface area contributed by atoms with Gasteiger partial charge in [-0.2, -0.15) is 0 Å². The summed E-state index contributed by atoms with van der Waals surface area (Å²) in [6.07, 6.45) is 5.73. The van der Waals surface area contributed by atoms with E-state index in [2.05, 4.69) is 20.3 Å². The van der Waals surface area contributed by atoms with Crippen LogP contribution in [-0.2, 0) is 21.7 Å². The highest BCUT2D eigenvalue weighted by Crippen LogP contribution is 2.26. The van der Waals surface area contributed by atoms with Gasteiger partial charge in [-0.1, -0.05) is 6.07 Å². The van der Waals surface area contributed by atoms with Crippen molar-refractivity contribution in [3.05, 3.63) is 89.4 Å². The number of carbonyl (C=O) groups is 2. The summed E-state index contributed by atoms with van der Waals surface area (Å²) in [5.74, 6) is -2.55. The van der Waals surface area contributed by atoms with E-state index in [4.69, 9.17) is 9.47 Å². The zero-order chi connectivity index (χ0) is 25.9. The number of nitrogens with one attached hydrogen (secondary N) is 1. The maximum Gasteiger partial charge on any atom is 0.336 e. The van der Waals surface area contributed by atoms with Gasteiger partial charge in [-0.15, -0.1) is 0 Å². The van der Waals surface area contributed by atoms with Crippen LogP contribution in [0.1, 0.15) is 41.2 Å². The standard InChI is InChI=1S/C25H23F2N5O4/c1-4-35-24(34)25(3,16-11-28-14-29-12-16)31-23(33)21-15(2)30-22-20(9-6-10-32(21)22)36-13-17-18(26)7-5-8-19(17)27/h5-12,14H,4,13H2,1-3H3,(H,31,33). The molecule has 0 aliphatic carbocycles. The fourth-order valence-corrected chi connectivity index (χ4v) is 3.72. The molecule has 36 heavy (non-hydrogen) atoms. The van der Waals surface area contributed by atoms with Gasteiger partial charge in [-0.3, -0.25) is 9.20 Å². The highest BCUT2D eigenvalue weighted by Gasteiger charge is 2.40. The molecule has 1 N–H and O–H groups in total. The van der Waals surface area contributed by atoms with E-state index in [0.717, 1.165) is 12.1 Å². The molecule has 0 aliphatic heterocycles. The molecule has 0 bridgehead atoms. The molecule has 11 heteroatoms. The molecule has 0 aliphatic rings. The molecule has 4 rings (SSSR count). The van der Waals surface area contributed by atoms with Gasteiger partial charge in [-0.25, -0.2) is 28.5 Å². The lowest BCUT2D eigenvalue weighted by atomic mass is 9.94. The number of nitrogens with zero attached hydrogens (tertiary/aromatic N) is 4. The van der Waals surface area contributed by atoms with Gasteiger partial charge in [0.2, 0.25) is 0 Å². The van der Waals surface area contributed by atoms with E-state index in [1.807, 2.05) is 0 Å². The minimum atomic E-state index is -1.58. The summed E-state index contributed by atoms with van der Waals surface area (Å²) in [7, 11) is 0. The fourth-order valence-electron chi connectivity index (χ4n) is 3.72. The number of hydrogen-bond acceptors (Lipinski definition) is 7. The van der Waals surface area contributed by atoms with Crippen molar-refractivity contribution in [1.29, 1.82) is 0 Å². The van der Waals surface area contributed by atoms with Crippen molar-refractivity contribution in [3.8, 4) is 5.75 Å². The molecule has 0 fully saturated rings. The molecule has 0 spiro atoms. The van der Waals surface area contributed by atoms with Crippen molar-refractivity contribution in [2.45, 2.75) is 32.9 Å². The smallest absolute Gasteiger partial charge is 0.336 e. The monoisotopic (exact) mass is 495 g/mol. The second-order valence-corrected chi connectivity index (χ2v) is 8.03.